The molecule has 3 fully saturated rings. The van der Waals surface area contributed by atoms with E-state index in [9.17, 15) is 0 Å². The first kappa shape index (κ1) is 13.6. The van der Waals surface area contributed by atoms with Gasteiger partial charge in [0.15, 0.2) is 0 Å². The summed E-state index contributed by atoms with van der Waals surface area (Å²) in [5.41, 5.74) is 0. The van der Waals surface area contributed by atoms with Gasteiger partial charge >= 0.3 is 0 Å². The fraction of sp³-hybridized carbons (Fsp3) is 1.00. The molecule has 3 nitrogen and oxygen atoms in total. The van der Waals surface area contributed by atoms with E-state index in [1.54, 1.807) is 0 Å². The maximum atomic E-state index is 5.59. The summed E-state index contributed by atoms with van der Waals surface area (Å²) in [6, 6.07) is 2.16. The first-order valence-electron chi connectivity index (χ1n) is 6.92. The molecule has 2 saturated carbocycles. The Morgan fingerprint density at radius 2 is 2.06 bits per heavy atom. The molecule has 17 heavy (non-hydrogen) atoms. The lowest BCUT2D eigenvalue weighted by molar-refractivity contribution is 0.0523. The SMILES string of the molecule is CC1CC1NC1CCCC1C1COCCN1.Cl. The molecule has 3 rings (SSSR count). The molecule has 1 saturated heterocycles. The van der Waals surface area contributed by atoms with Crippen LogP contribution in [0.25, 0.3) is 0 Å². The van der Waals surface area contributed by atoms with Crippen molar-refractivity contribution in [2.75, 3.05) is 19.8 Å². The molecule has 5 unspecified atom stereocenters. The lowest BCUT2D eigenvalue weighted by Gasteiger charge is -2.33. The molecule has 3 aliphatic rings. The topological polar surface area (TPSA) is 33.3 Å². The number of morpholine rings is 1. The van der Waals surface area contributed by atoms with Crippen LogP contribution in [0.3, 0.4) is 0 Å². The van der Waals surface area contributed by atoms with E-state index in [0.29, 0.717) is 6.04 Å². The quantitative estimate of drug-likeness (QED) is 0.808. The maximum absolute atomic E-state index is 5.59. The lowest BCUT2D eigenvalue weighted by Crippen LogP contribution is -2.51. The largest absolute Gasteiger partial charge is 0.379 e. The highest BCUT2D eigenvalue weighted by Crippen LogP contribution is 2.35. The Hall–Kier alpha value is 0.170. The van der Waals surface area contributed by atoms with Gasteiger partial charge in [-0.05, 0) is 31.1 Å². The Bertz CT molecular complexity index is 246. The molecule has 100 valence electrons. The van der Waals surface area contributed by atoms with Gasteiger partial charge in [0.25, 0.3) is 0 Å². The normalized spacial score (nSPS) is 45.4. The number of hydrogen-bond donors (Lipinski definition) is 2. The Labute approximate surface area is 110 Å². The van der Waals surface area contributed by atoms with Crippen LogP contribution in [0.4, 0.5) is 0 Å². The van der Waals surface area contributed by atoms with Crippen molar-refractivity contribution in [3.8, 4) is 0 Å². The number of rotatable bonds is 3. The van der Waals surface area contributed by atoms with Crippen molar-refractivity contribution < 1.29 is 4.74 Å². The second-order valence-electron chi connectivity index (χ2n) is 5.82. The highest BCUT2D eigenvalue weighted by molar-refractivity contribution is 5.85. The van der Waals surface area contributed by atoms with Crippen LogP contribution in [0.1, 0.15) is 32.6 Å². The van der Waals surface area contributed by atoms with Gasteiger partial charge in [-0.15, -0.1) is 12.4 Å². The molecule has 1 aliphatic heterocycles. The van der Waals surface area contributed by atoms with E-state index in [1.165, 1.54) is 25.7 Å². The molecule has 0 aromatic heterocycles. The van der Waals surface area contributed by atoms with Crippen LogP contribution in [0.15, 0.2) is 0 Å². The zero-order valence-electron chi connectivity index (χ0n) is 10.7. The predicted octanol–water partition coefficient (Wildman–Crippen LogP) is 1.56. The lowest BCUT2D eigenvalue weighted by atomic mass is 9.94. The van der Waals surface area contributed by atoms with Gasteiger partial charge in [0.1, 0.15) is 0 Å². The maximum Gasteiger partial charge on any atom is 0.0623 e. The van der Waals surface area contributed by atoms with Crippen LogP contribution in [0.5, 0.6) is 0 Å². The third-order valence-corrected chi connectivity index (χ3v) is 4.57. The molecule has 0 bridgehead atoms. The third-order valence-electron chi connectivity index (χ3n) is 4.57. The summed E-state index contributed by atoms with van der Waals surface area (Å²) in [5.74, 6) is 1.71. The van der Waals surface area contributed by atoms with E-state index in [2.05, 4.69) is 17.6 Å². The molecular weight excluding hydrogens is 236 g/mol. The van der Waals surface area contributed by atoms with Gasteiger partial charge in [0, 0.05) is 24.7 Å². The summed E-state index contributed by atoms with van der Waals surface area (Å²) in [7, 11) is 0. The first-order chi connectivity index (χ1) is 7.84. The van der Waals surface area contributed by atoms with Crippen LogP contribution >= 0.6 is 12.4 Å². The van der Waals surface area contributed by atoms with Gasteiger partial charge in [0.05, 0.1) is 13.2 Å². The van der Waals surface area contributed by atoms with Crippen LogP contribution in [0.2, 0.25) is 0 Å². The molecule has 0 amide bonds. The van der Waals surface area contributed by atoms with Crippen molar-refractivity contribution in [2.45, 2.75) is 50.7 Å². The smallest absolute Gasteiger partial charge is 0.0623 e. The third kappa shape index (κ3) is 3.14. The van der Waals surface area contributed by atoms with Crippen molar-refractivity contribution in [1.82, 2.24) is 10.6 Å². The average molecular weight is 261 g/mol. The van der Waals surface area contributed by atoms with E-state index in [4.69, 9.17) is 4.74 Å². The summed E-state index contributed by atoms with van der Waals surface area (Å²) >= 11 is 0. The minimum Gasteiger partial charge on any atom is -0.379 e. The van der Waals surface area contributed by atoms with Gasteiger partial charge in [-0.25, -0.2) is 0 Å². The number of ether oxygens (including phenoxy) is 1. The number of nitrogens with one attached hydrogen (secondary N) is 2. The van der Waals surface area contributed by atoms with Crippen molar-refractivity contribution >= 4 is 12.4 Å². The van der Waals surface area contributed by atoms with Crippen LogP contribution < -0.4 is 10.6 Å². The van der Waals surface area contributed by atoms with Gasteiger partial charge < -0.3 is 15.4 Å². The Kier molecular flexibility index (Phi) is 4.70. The molecule has 5 atom stereocenters. The standard InChI is InChI=1S/C13H24N2O.ClH/c1-9-7-12(9)15-11-4-2-3-10(11)13-8-16-6-5-14-13;/h9-15H,2-8H2,1H3;1H. The molecule has 0 aromatic carbocycles. The summed E-state index contributed by atoms with van der Waals surface area (Å²) < 4.78 is 5.59. The van der Waals surface area contributed by atoms with Gasteiger partial charge in [0.2, 0.25) is 0 Å². The fourth-order valence-corrected chi connectivity index (χ4v) is 3.37. The Balaban J connectivity index is 0.00000108. The first-order valence-corrected chi connectivity index (χ1v) is 6.92. The van der Waals surface area contributed by atoms with Crippen molar-refractivity contribution in [3.05, 3.63) is 0 Å². The van der Waals surface area contributed by atoms with Crippen molar-refractivity contribution in [1.29, 1.82) is 0 Å². The second kappa shape index (κ2) is 5.87. The summed E-state index contributed by atoms with van der Waals surface area (Å²) in [6.07, 6.45) is 5.52. The molecule has 2 N–H and O–H groups in total. The highest BCUT2D eigenvalue weighted by atomic mass is 35.5. The van der Waals surface area contributed by atoms with E-state index >= 15 is 0 Å². The highest BCUT2D eigenvalue weighted by Gasteiger charge is 2.40. The molecule has 4 heteroatoms. The molecule has 0 aromatic rings. The van der Waals surface area contributed by atoms with E-state index in [0.717, 1.165) is 43.7 Å². The van der Waals surface area contributed by atoms with Gasteiger partial charge in [-0.3, -0.25) is 0 Å². The minimum atomic E-state index is 0. The minimum absolute atomic E-state index is 0. The van der Waals surface area contributed by atoms with Crippen LogP contribution in [0, 0.1) is 11.8 Å². The van der Waals surface area contributed by atoms with Crippen molar-refractivity contribution in [2.24, 2.45) is 11.8 Å². The van der Waals surface area contributed by atoms with Crippen LogP contribution in [-0.2, 0) is 4.74 Å². The Morgan fingerprint density at radius 3 is 2.71 bits per heavy atom. The average Bonchev–Trinajstić information content (AvgIpc) is 2.82. The van der Waals surface area contributed by atoms with E-state index in [1.807, 2.05) is 0 Å². The molecule has 2 aliphatic carbocycles. The van der Waals surface area contributed by atoms with Gasteiger partial charge in [-0.1, -0.05) is 13.3 Å². The molecule has 0 spiro atoms. The number of halogens is 1. The molecular formula is C13H25ClN2O. The zero-order valence-corrected chi connectivity index (χ0v) is 11.5. The van der Waals surface area contributed by atoms with Crippen LogP contribution in [-0.4, -0.2) is 37.9 Å². The summed E-state index contributed by atoms with van der Waals surface area (Å²) in [5, 5.41) is 7.49. The second-order valence-corrected chi connectivity index (χ2v) is 5.82. The van der Waals surface area contributed by atoms with E-state index < -0.39 is 0 Å². The fourth-order valence-electron chi connectivity index (χ4n) is 3.37. The monoisotopic (exact) mass is 260 g/mol. The predicted molar refractivity (Wildman–Crippen MR) is 71.7 cm³/mol. The summed E-state index contributed by atoms with van der Waals surface area (Å²) in [4.78, 5) is 0. The van der Waals surface area contributed by atoms with Gasteiger partial charge in [-0.2, -0.15) is 0 Å². The zero-order chi connectivity index (χ0) is 11.0. The van der Waals surface area contributed by atoms with E-state index in [-0.39, 0.29) is 12.4 Å². The molecule has 0 radical (unpaired) electrons. The van der Waals surface area contributed by atoms with Crippen molar-refractivity contribution in [3.63, 3.8) is 0 Å². The Morgan fingerprint density at radius 1 is 1.24 bits per heavy atom. The number of hydrogen-bond acceptors (Lipinski definition) is 3. The summed E-state index contributed by atoms with van der Waals surface area (Å²) in [6.45, 7) is 5.20. The molecule has 1 heterocycles.